The van der Waals surface area contributed by atoms with Gasteiger partial charge in [0.1, 0.15) is 12.4 Å². The Morgan fingerprint density at radius 1 is 1.33 bits per heavy atom. The van der Waals surface area contributed by atoms with Crippen LogP contribution < -0.4 is 4.74 Å². The number of aromatic carboxylic acids is 1. The van der Waals surface area contributed by atoms with Crippen LogP contribution in [0.25, 0.3) is 0 Å². The summed E-state index contributed by atoms with van der Waals surface area (Å²) in [6.45, 7) is 2.23. The summed E-state index contributed by atoms with van der Waals surface area (Å²) in [5, 5.41) is 8.87. The van der Waals surface area contributed by atoms with Crippen LogP contribution in [-0.2, 0) is 6.61 Å². The lowest BCUT2D eigenvalue weighted by atomic mass is 10.1. The van der Waals surface area contributed by atoms with E-state index in [1.54, 1.807) is 24.4 Å². The van der Waals surface area contributed by atoms with Crippen LogP contribution in [0.5, 0.6) is 5.75 Å². The molecule has 1 N–H and O–H groups in total. The Kier molecular flexibility index (Phi) is 3.57. The first kappa shape index (κ1) is 12.1. The predicted molar refractivity (Wildman–Crippen MR) is 66.7 cm³/mol. The fourth-order valence-electron chi connectivity index (χ4n) is 1.50. The Bertz CT molecular complexity index is 549. The predicted octanol–water partition coefficient (Wildman–Crippen LogP) is 2.67. The van der Waals surface area contributed by atoms with Gasteiger partial charge in [0, 0.05) is 5.69 Å². The average Bonchev–Trinajstić information content (AvgIpc) is 2.38. The number of hydrogen-bond donors (Lipinski definition) is 1. The van der Waals surface area contributed by atoms with Gasteiger partial charge in [0.05, 0.1) is 11.8 Å². The van der Waals surface area contributed by atoms with E-state index in [0.717, 1.165) is 11.3 Å². The minimum Gasteiger partial charge on any atom is -0.487 e. The Labute approximate surface area is 105 Å². The molecule has 4 heteroatoms. The quantitative estimate of drug-likeness (QED) is 0.896. The Morgan fingerprint density at radius 2 is 2.17 bits per heavy atom. The van der Waals surface area contributed by atoms with Crippen molar-refractivity contribution < 1.29 is 14.6 Å². The summed E-state index contributed by atoms with van der Waals surface area (Å²) in [7, 11) is 0. The number of hydrogen-bond acceptors (Lipinski definition) is 3. The van der Waals surface area contributed by atoms with Gasteiger partial charge in [-0.25, -0.2) is 4.79 Å². The Morgan fingerprint density at radius 3 is 2.83 bits per heavy atom. The highest BCUT2D eigenvalue weighted by Crippen LogP contribution is 2.12. The molecule has 0 radical (unpaired) electrons. The molecule has 0 atom stereocenters. The maximum absolute atomic E-state index is 10.8. The van der Waals surface area contributed by atoms with Gasteiger partial charge in [0.15, 0.2) is 0 Å². The second-order valence-electron chi connectivity index (χ2n) is 3.93. The van der Waals surface area contributed by atoms with Gasteiger partial charge < -0.3 is 9.84 Å². The summed E-state index contributed by atoms with van der Waals surface area (Å²) in [6.07, 6.45) is 1.65. The number of benzene rings is 1. The topological polar surface area (TPSA) is 59.4 Å². The van der Waals surface area contributed by atoms with Crippen molar-refractivity contribution in [2.24, 2.45) is 0 Å². The summed E-state index contributed by atoms with van der Waals surface area (Å²) in [5.74, 6) is -0.268. The van der Waals surface area contributed by atoms with E-state index in [1.165, 1.54) is 0 Å². The van der Waals surface area contributed by atoms with Gasteiger partial charge in [-0.05, 0) is 36.8 Å². The molecule has 18 heavy (non-hydrogen) atoms. The highest BCUT2D eigenvalue weighted by atomic mass is 16.5. The van der Waals surface area contributed by atoms with Crippen molar-refractivity contribution in [1.82, 2.24) is 4.98 Å². The number of carboxylic acids is 1. The van der Waals surface area contributed by atoms with Crippen molar-refractivity contribution in [3.63, 3.8) is 0 Å². The zero-order valence-electron chi connectivity index (χ0n) is 9.96. The molecule has 4 nitrogen and oxygen atoms in total. The molecule has 1 aromatic carbocycles. The standard InChI is InChI=1S/C14H13NO3/c1-10-5-6-13(8-15-10)18-9-11-3-2-4-12(7-11)14(16)17/h2-8H,9H2,1H3,(H,16,17). The smallest absolute Gasteiger partial charge is 0.335 e. The third-order valence-corrected chi connectivity index (χ3v) is 2.46. The van der Waals surface area contributed by atoms with E-state index in [0.29, 0.717) is 12.4 Å². The van der Waals surface area contributed by atoms with Crippen LogP contribution in [0, 0.1) is 6.92 Å². The van der Waals surface area contributed by atoms with E-state index in [4.69, 9.17) is 9.84 Å². The molecule has 2 rings (SSSR count). The molecule has 0 bridgehead atoms. The lowest BCUT2D eigenvalue weighted by molar-refractivity contribution is 0.0696. The molecule has 0 aliphatic rings. The summed E-state index contributed by atoms with van der Waals surface area (Å²) in [5.41, 5.74) is 2.00. The van der Waals surface area contributed by atoms with Crippen LogP contribution in [0.4, 0.5) is 0 Å². The van der Waals surface area contributed by atoms with Gasteiger partial charge in [-0.15, -0.1) is 0 Å². The highest BCUT2D eigenvalue weighted by molar-refractivity contribution is 5.87. The third-order valence-electron chi connectivity index (χ3n) is 2.46. The number of carboxylic acid groups (broad SMARTS) is 1. The zero-order chi connectivity index (χ0) is 13.0. The summed E-state index contributed by atoms with van der Waals surface area (Å²) < 4.78 is 5.53. The van der Waals surface area contributed by atoms with Crippen LogP contribution in [0.3, 0.4) is 0 Å². The molecule has 0 aliphatic carbocycles. The van der Waals surface area contributed by atoms with Crippen molar-refractivity contribution in [2.45, 2.75) is 13.5 Å². The molecule has 92 valence electrons. The number of rotatable bonds is 4. The van der Waals surface area contributed by atoms with Crippen molar-refractivity contribution >= 4 is 5.97 Å². The molecule has 0 amide bonds. The maximum Gasteiger partial charge on any atom is 0.335 e. The van der Waals surface area contributed by atoms with E-state index >= 15 is 0 Å². The number of ether oxygens (including phenoxy) is 1. The van der Waals surface area contributed by atoms with Gasteiger partial charge in [0.2, 0.25) is 0 Å². The largest absolute Gasteiger partial charge is 0.487 e. The summed E-state index contributed by atoms with van der Waals surface area (Å²) >= 11 is 0. The minimum absolute atomic E-state index is 0.262. The SMILES string of the molecule is Cc1ccc(OCc2cccc(C(=O)O)c2)cn1. The second kappa shape index (κ2) is 5.31. The number of carbonyl (C=O) groups is 1. The summed E-state index contributed by atoms with van der Waals surface area (Å²) in [4.78, 5) is 14.9. The Balaban J connectivity index is 2.04. The number of pyridine rings is 1. The van der Waals surface area contributed by atoms with Crippen molar-refractivity contribution in [3.05, 3.63) is 59.4 Å². The minimum atomic E-state index is -0.936. The van der Waals surface area contributed by atoms with Crippen LogP contribution in [-0.4, -0.2) is 16.1 Å². The third kappa shape index (κ3) is 3.07. The van der Waals surface area contributed by atoms with Gasteiger partial charge in [-0.3, -0.25) is 4.98 Å². The molecule has 0 spiro atoms. The number of aromatic nitrogens is 1. The van der Waals surface area contributed by atoms with E-state index in [2.05, 4.69) is 4.98 Å². The normalized spacial score (nSPS) is 10.1. The number of nitrogens with zero attached hydrogens (tertiary/aromatic N) is 1. The van der Waals surface area contributed by atoms with Gasteiger partial charge >= 0.3 is 5.97 Å². The lowest BCUT2D eigenvalue weighted by Gasteiger charge is -2.06. The Hall–Kier alpha value is -2.36. The molecule has 0 unspecified atom stereocenters. The number of aryl methyl sites for hydroxylation is 1. The fraction of sp³-hybridized carbons (Fsp3) is 0.143. The molecule has 1 aromatic heterocycles. The van der Waals surface area contributed by atoms with E-state index in [9.17, 15) is 4.79 Å². The molecule has 0 fully saturated rings. The van der Waals surface area contributed by atoms with Gasteiger partial charge in [0.25, 0.3) is 0 Å². The van der Waals surface area contributed by atoms with Crippen LogP contribution in [0.1, 0.15) is 21.6 Å². The van der Waals surface area contributed by atoms with Crippen LogP contribution in [0.2, 0.25) is 0 Å². The van der Waals surface area contributed by atoms with Gasteiger partial charge in [-0.2, -0.15) is 0 Å². The molecular formula is C14H13NO3. The first-order valence-electron chi connectivity index (χ1n) is 5.53. The zero-order valence-corrected chi connectivity index (χ0v) is 9.96. The van der Waals surface area contributed by atoms with E-state index in [1.807, 2.05) is 25.1 Å². The first-order valence-corrected chi connectivity index (χ1v) is 5.53. The van der Waals surface area contributed by atoms with E-state index in [-0.39, 0.29) is 5.56 Å². The molecule has 0 saturated carbocycles. The monoisotopic (exact) mass is 243 g/mol. The molecule has 0 aliphatic heterocycles. The molecule has 2 aromatic rings. The van der Waals surface area contributed by atoms with Crippen molar-refractivity contribution in [3.8, 4) is 5.75 Å². The molecular weight excluding hydrogens is 230 g/mol. The second-order valence-corrected chi connectivity index (χ2v) is 3.93. The summed E-state index contributed by atoms with van der Waals surface area (Å²) in [6, 6.07) is 10.4. The maximum atomic E-state index is 10.8. The lowest BCUT2D eigenvalue weighted by Crippen LogP contribution is -2.00. The van der Waals surface area contributed by atoms with Crippen LogP contribution in [0.15, 0.2) is 42.6 Å². The molecule has 1 heterocycles. The first-order chi connectivity index (χ1) is 8.65. The van der Waals surface area contributed by atoms with Crippen molar-refractivity contribution in [2.75, 3.05) is 0 Å². The average molecular weight is 243 g/mol. The molecule has 0 saturated heterocycles. The van der Waals surface area contributed by atoms with E-state index < -0.39 is 5.97 Å². The van der Waals surface area contributed by atoms with Gasteiger partial charge in [-0.1, -0.05) is 12.1 Å². The van der Waals surface area contributed by atoms with Crippen LogP contribution >= 0.6 is 0 Å². The van der Waals surface area contributed by atoms with Crippen molar-refractivity contribution in [1.29, 1.82) is 0 Å². The fourth-order valence-corrected chi connectivity index (χ4v) is 1.50. The highest BCUT2D eigenvalue weighted by Gasteiger charge is 2.03.